The lowest BCUT2D eigenvalue weighted by Gasteiger charge is -2.13. The van der Waals surface area contributed by atoms with Crippen LogP contribution < -0.4 is 19.9 Å². The van der Waals surface area contributed by atoms with Gasteiger partial charge in [-0.05, 0) is 24.3 Å². The predicted molar refractivity (Wildman–Crippen MR) is 82.5 cm³/mol. The summed E-state index contributed by atoms with van der Waals surface area (Å²) in [5.74, 6) is 1.15. The highest BCUT2D eigenvalue weighted by atomic mass is 16.7. The van der Waals surface area contributed by atoms with Crippen molar-refractivity contribution in [3.63, 3.8) is 0 Å². The average Bonchev–Trinajstić information content (AvgIpc) is 2.53. The van der Waals surface area contributed by atoms with Gasteiger partial charge in [0.25, 0.3) is 0 Å². The monoisotopic (exact) mass is 305 g/mol. The van der Waals surface area contributed by atoms with Crippen LogP contribution in [0.1, 0.15) is 0 Å². The van der Waals surface area contributed by atoms with E-state index in [1.54, 1.807) is 30.3 Å². The highest BCUT2D eigenvalue weighted by molar-refractivity contribution is 5.52. The molecule has 0 aliphatic carbocycles. The highest BCUT2D eigenvalue weighted by Gasteiger charge is 2.09. The number of nitrogens with two attached hydrogens (primary N) is 1. The third-order valence-electron chi connectivity index (χ3n) is 2.81. The Hall–Kier alpha value is -2.60. The van der Waals surface area contributed by atoms with Gasteiger partial charge >= 0.3 is 0 Å². The summed E-state index contributed by atoms with van der Waals surface area (Å²) in [6, 6.07) is 12.2. The molecule has 0 aliphatic rings. The van der Waals surface area contributed by atoms with E-state index in [1.165, 1.54) is 7.11 Å². The van der Waals surface area contributed by atoms with E-state index in [2.05, 4.69) is 0 Å². The molecular weight excluding hydrogens is 286 g/mol. The lowest BCUT2D eigenvalue weighted by molar-refractivity contribution is 0.0488. The summed E-state index contributed by atoms with van der Waals surface area (Å²) in [5.41, 5.74) is 6.34. The minimum atomic E-state index is -0.0706. The van der Waals surface area contributed by atoms with Gasteiger partial charge in [-0.2, -0.15) is 0 Å². The zero-order chi connectivity index (χ0) is 15.8. The minimum Gasteiger partial charge on any atom is -0.502 e. The number of hydrogen-bond donors (Lipinski definition) is 2. The zero-order valence-corrected chi connectivity index (χ0v) is 12.3. The molecule has 0 amide bonds. The van der Waals surface area contributed by atoms with Crippen molar-refractivity contribution in [1.82, 2.24) is 0 Å². The Bertz CT molecular complexity index is 603. The van der Waals surface area contributed by atoms with Gasteiger partial charge in [0.2, 0.25) is 5.75 Å². The number of rotatable bonds is 8. The average molecular weight is 305 g/mol. The predicted octanol–water partition coefficient (Wildman–Crippen LogP) is 2.41. The van der Waals surface area contributed by atoms with E-state index in [9.17, 15) is 5.11 Å². The van der Waals surface area contributed by atoms with Crippen molar-refractivity contribution >= 4 is 5.69 Å². The first-order chi connectivity index (χ1) is 10.7. The van der Waals surface area contributed by atoms with Crippen molar-refractivity contribution in [1.29, 1.82) is 0 Å². The second kappa shape index (κ2) is 7.99. The molecule has 0 aromatic heterocycles. The van der Waals surface area contributed by atoms with Crippen molar-refractivity contribution in [3.8, 4) is 23.0 Å². The Morgan fingerprint density at radius 3 is 2.14 bits per heavy atom. The Kier molecular flexibility index (Phi) is 5.73. The number of phenols is 1. The summed E-state index contributed by atoms with van der Waals surface area (Å²) >= 11 is 0. The smallest absolute Gasteiger partial charge is 0.200 e. The quantitative estimate of drug-likeness (QED) is 0.443. The molecule has 2 aromatic rings. The van der Waals surface area contributed by atoms with Crippen molar-refractivity contribution in [2.75, 3.05) is 32.9 Å². The van der Waals surface area contributed by atoms with Crippen molar-refractivity contribution in [2.24, 2.45) is 0 Å². The molecule has 0 spiro atoms. The topological polar surface area (TPSA) is 83.2 Å². The van der Waals surface area contributed by atoms with Crippen LogP contribution in [0.5, 0.6) is 23.0 Å². The van der Waals surface area contributed by atoms with Crippen LogP contribution in [0, 0.1) is 0 Å². The molecule has 0 unspecified atom stereocenters. The molecule has 0 saturated heterocycles. The van der Waals surface area contributed by atoms with Gasteiger partial charge in [0.1, 0.15) is 19.0 Å². The van der Waals surface area contributed by atoms with Gasteiger partial charge in [0.15, 0.2) is 18.3 Å². The lowest BCUT2D eigenvalue weighted by atomic mass is 10.3. The van der Waals surface area contributed by atoms with Crippen LogP contribution >= 0.6 is 0 Å². The molecule has 6 nitrogen and oxygen atoms in total. The Balaban J connectivity index is 1.85. The Morgan fingerprint density at radius 1 is 0.864 bits per heavy atom. The summed E-state index contributed by atoms with van der Waals surface area (Å²) in [4.78, 5) is 0. The second-order valence-electron chi connectivity index (χ2n) is 4.39. The van der Waals surface area contributed by atoms with Gasteiger partial charge in [0, 0.05) is 7.11 Å². The van der Waals surface area contributed by atoms with Gasteiger partial charge in [-0.25, -0.2) is 0 Å². The van der Waals surface area contributed by atoms with E-state index in [1.807, 2.05) is 12.1 Å². The Labute approximate surface area is 129 Å². The highest BCUT2D eigenvalue weighted by Crippen LogP contribution is 2.35. The fourth-order valence-corrected chi connectivity index (χ4v) is 1.77. The van der Waals surface area contributed by atoms with E-state index < -0.39 is 0 Å². The standard InChI is InChI=1S/C16H19NO5/c1-19-11-22-15-8-4-7-14(16(15)18)21-10-9-20-13-6-3-2-5-12(13)17/h2-8,18H,9-11,17H2,1H3. The lowest BCUT2D eigenvalue weighted by Crippen LogP contribution is -2.10. The molecule has 22 heavy (non-hydrogen) atoms. The molecule has 118 valence electrons. The summed E-state index contributed by atoms with van der Waals surface area (Å²) in [7, 11) is 1.50. The number of ether oxygens (including phenoxy) is 4. The molecule has 6 heteroatoms. The second-order valence-corrected chi connectivity index (χ2v) is 4.39. The van der Waals surface area contributed by atoms with Gasteiger partial charge in [-0.3, -0.25) is 0 Å². The van der Waals surface area contributed by atoms with Crippen molar-refractivity contribution in [2.45, 2.75) is 0 Å². The molecule has 0 fully saturated rings. The number of methoxy groups -OCH3 is 1. The maximum atomic E-state index is 10.0. The van der Waals surface area contributed by atoms with E-state index in [-0.39, 0.29) is 19.1 Å². The number of anilines is 1. The molecule has 2 aromatic carbocycles. The van der Waals surface area contributed by atoms with Crippen LogP contribution in [0.2, 0.25) is 0 Å². The molecule has 0 atom stereocenters. The SMILES string of the molecule is COCOc1cccc(OCCOc2ccccc2N)c1O. The third-order valence-corrected chi connectivity index (χ3v) is 2.81. The number of benzene rings is 2. The number of aromatic hydroxyl groups is 1. The summed E-state index contributed by atoms with van der Waals surface area (Å²) in [6.45, 7) is 0.611. The first kappa shape index (κ1) is 15.8. The molecule has 0 radical (unpaired) electrons. The summed E-state index contributed by atoms with van der Waals surface area (Å²) < 4.78 is 21.0. The van der Waals surface area contributed by atoms with E-state index in [0.29, 0.717) is 29.5 Å². The molecule has 0 heterocycles. The van der Waals surface area contributed by atoms with Crippen LogP contribution in [-0.2, 0) is 4.74 Å². The molecule has 0 saturated carbocycles. The summed E-state index contributed by atoms with van der Waals surface area (Å²) in [5, 5.41) is 10.0. The minimum absolute atomic E-state index is 0.0490. The number of hydrogen-bond acceptors (Lipinski definition) is 6. The van der Waals surface area contributed by atoms with Crippen LogP contribution in [-0.4, -0.2) is 32.2 Å². The van der Waals surface area contributed by atoms with Gasteiger partial charge < -0.3 is 29.8 Å². The van der Waals surface area contributed by atoms with E-state index in [0.717, 1.165) is 0 Å². The fraction of sp³-hybridized carbons (Fsp3) is 0.250. The third kappa shape index (κ3) is 4.20. The van der Waals surface area contributed by atoms with Crippen molar-refractivity contribution in [3.05, 3.63) is 42.5 Å². The van der Waals surface area contributed by atoms with Crippen LogP contribution in [0.3, 0.4) is 0 Å². The van der Waals surface area contributed by atoms with Gasteiger partial charge in [0.05, 0.1) is 5.69 Å². The van der Waals surface area contributed by atoms with Crippen LogP contribution in [0.15, 0.2) is 42.5 Å². The fourth-order valence-electron chi connectivity index (χ4n) is 1.77. The zero-order valence-electron chi connectivity index (χ0n) is 12.3. The summed E-state index contributed by atoms with van der Waals surface area (Å²) in [6.07, 6.45) is 0. The van der Waals surface area contributed by atoms with Crippen molar-refractivity contribution < 1.29 is 24.1 Å². The van der Waals surface area contributed by atoms with Gasteiger partial charge in [-0.1, -0.05) is 18.2 Å². The number of phenolic OH excluding ortho intramolecular Hbond substituents is 1. The molecular formula is C16H19NO5. The first-order valence-electron chi connectivity index (χ1n) is 6.76. The molecule has 0 aliphatic heterocycles. The molecule has 2 rings (SSSR count). The number of nitrogen functional groups attached to an aromatic ring is 1. The van der Waals surface area contributed by atoms with Gasteiger partial charge in [-0.15, -0.1) is 0 Å². The maximum Gasteiger partial charge on any atom is 0.200 e. The van der Waals surface area contributed by atoms with E-state index in [4.69, 9.17) is 24.7 Å². The van der Waals surface area contributed by atoms with E-state index >= 15 is 0 Å². The Morgan fingerprint density at radius 2 is 1.45 bits per heavy atom. The molecule has 0 bridgehead atoms. The van der Waals surface area contributed by atoms with Crippen LogP contribution in [0.25, 0.3) is 0 Å². The first-order valence-corrected chi connectivity index (χ1v) is 6.76. The normalized spacial score (nSPS) is 10.2. The largest absolute Gasteiger partial charge is 0.502 e. The van der Waals surface area contributed by atoms with Crippen LogP contribution in [0.4, 0.5) is 5.69 Å². The maximum absolute atomic E-state index is 10.0. The molecule has 3 N–H and O–H groups in total. The number of para-hydroxylation sites is 3.